The average Bonchev–Trinajstić information content (AvgIpc) is 3.44. The highest BCUT2D eigenvalue weighted by Crippen LogP contribution is 2.31. The maximum atomic E-state index is 12.8. The van der Waals surface area contributed by atoms with Gasteiger partial charge in [0.1, 0.15) is 5.82 Å². The molecule has 0 bridgehead atoms. The van der Waals surface area contributed by atoms with Crippen molar-refractivity contribution in [3.8, 4) is 0 Å². The third-order valence-electron chi connectivity index (χ3n) is 6.28. The van der Waals surface area contributed by atoms with Crippen molar-refractivity contribution in [2.24, 2.45) is 5.92 Å². The lowest BCUT2D eigenvalue weighted by Crippen LogP contribution is -2.22. The number of nitrogen functional groups attached to an aromatic ring is 1. The molecule has 1 atom stereocenters. The monoisotopic (exact) mass is 491 g/mol. The molecule has 1 aliphatic heterocycles. The minimum atomic E-state index is -0.108. The SMILES string of the molecule is Nc1nccc2cc(CNC(=O)c3cc(Cl)c(CN4CC[C@@H](Cc5cccnc5)C4)s3)ccc12. The molecular weight excluding hydrogens is 466 g/mol. The molecule has 1 aromatic carbocycles. The molecule has 0 unspecified atom stereocenters. The van der Waals surface area contributed by atoms with Gasteiger partial charge in [-0.3, -0.25) is 14.7 Å². The van der Waals surface area contributed by atoms with Crippen molar-refractivity contribution in [2.75, 3.05) is 18.8 Å². The second-order valence-electron chi connectivity index (χ2n) is 8.77. The molecule has 5 rings (SSSR count). The van der Waals surface area contributed by atoms with E-state index in [4.69, 9.17) is 17.3 Å². The zero-order chi connectivity index (χ0) is 23.5. The van der Waals surface area contributed by atoms with Crippen molar-refractivity contribution in [2.45, 2.75) is 25.9 Å². The van der Waals surface area contributed by atoms with Gasteiger partial charge in [-0.25, -0.2) is 4.98 Å². The summed E-state index contributed by atoms with van der Waals surface area (Å²) in [6, 6.07) is 13.8. The van der Waals surface area contributed by atoms with E-state index in [1.54, 1.807) is 12.3 Å². The fraction of sp³-hybridized carbons (Fsp3) is 0.269. The van der Waals surface area contributed by atoms with Crippen LogP contribution in [-0.4, -0.2) is 33.9 Å². The molecule has 1 aliphatic rings. The molecule has 4 aromatic rings. The number of rotatable bonds is 7. The van der Waals surface area contributed by atoms with Crippen LogP contribution < -0.4 is 11.1 Å². The number of hydrogen-bond acceptors (Lipinski definition) is 6. The summed E-state index contributed by atoms with van der Waals surface area (Å²) in [6.07, 6.45) is 7.67. The topological polar surface area (TPSA) is 84.1 Å². The molecule has 4 heterocycles. The summed E-state index contributed by atoms with van der Waals surface area (Å²) in [5.74, 6) is 1.03. The highest BCUT2D eigenvalue weighted by Gasteiger charge is 2.24. The van der Waals surface area contributed by atoms with Crippen LogP contribution in [0.5, 0.6) is 0 Å². The zero-order valence-corrected chi connectivity index (χ0v) is 20.3. The molecular formula is C26H26ClN5OS. The molecule has 1 saturated heterocycles. The molecule has 3 aromatic heterocycles. The van der Waals surface area contributed by atoms with Gasteiger partial charge in [0.2, 0.25) is 0 Å². The number of carbonyl (C=O) groups is 1. The van der Waals surface area contributed by atoms with Gasteiger partial charge < -0.3 is 11.1 Å². The summed E-state index contributed by atoms with van der Waals surface area (Å²) < 4.78 is 0. The van der Waals surface area contributed by atoms with Gasteiger partial charge in [-0.05, 0) is 66.1 Å². The lowest BCUT2D eigenvalue weighted by molar-refractivity contribution is 0.0955. The number of nitrogens with two attached hydrogens (primary N) is 1. The van der Waals surface area contributed by atoms with Crippen molar-refractivity contribution in [1.29, 1.82) is 0 Å². The Hall–Kier alpha value is -3.00. The third kappa shape index (κ3) is 5.22. The number of amides is 1. The molecule has 34 heavy (non-hydrogen) atoms. The molecule has 174 valence electrons. The van der Waals surface area contributed by atoms with Crippen LogP contribution in [0.2, 0.25) is 5.02 Å². The minimum Gasteiger partial charge on any atom is -0.383 e. The summed E-state index contributed by atoms with van der Waals surface area (Å²) in [4.78, 5) is 25.2. The first-order chi connectivity index (χ1) is 16.5. The van der Waals surface area contributed by atoms with Gasteiger partial charge in [0.15, 0.2) is 0 Å². The van der Waals surface area contributed by atoms with E-state index >= 15 is 0 Å². The average molecular weight is 492 g/mol. The van der Waals surface area contributed by atoms with Crippen LogP contribution in [0.3, 0.4) is 0 Å². The third-order valence-corrected chi connectivity index (χ3v) is 7.85. The number of nitrogens with one attached hydrogen (secondary N) is 1. The number of pyridine rings is 2. The Bertz CT molecular complexity index is 1310. The van der Waals surface area contributed by atoms with Crippen LogP contribution in [0, 0.1) is 5.92 Å². The van der Waals surface area contributed by atoms with E-state index in [9.17, 15) is 4.79 Å². The Balaban J connectivity index is 1.17. The minimum absolute atomic E-state index is 0.108. The summed E-state index contributed by atoms with van der Waals surface area (Å²) >= 11 is 7.99. The normalized spacial score (nSPS) is 16.2. The number of hydrogen-bond donors (Lipinski definition) is 2. The number of thiophene rings is 1. The highest BCUT2D eigenvalue weighted by molar-refractivity contribution is 7.14. The van der Waals surface area contributed by atoms with Gasteiger partial charge in [-0.1, -0.05) is 29.8 Å². The fourth-order valence-corrected chi connectivity index (χ4v) is 5.89. The number of carbonyl (C=O) groups excluding carboxylic acids is 1. The molecule has 6 nitrogen and oxygen atoms in total. The number of halogens is 1. The van der Waals surface area contributed by atoms with E-state index < -0.39 is 0 Å². The van der Waals surface area contributed by atoms with Crippen LogP contribution >= 0.6 is 22.9 Å². The van der Waals surface area contributed by atoms with E-state index in [1.807, 2.05) is 42.7 Å². The molecule has 1 amide bonds. The maximum absolute atomic E-state index is 12.8. The van der Waals surface area contributed by atoms with Crippen LogP contribution in [0.4, 0.5) is 5.82 Å². The van der Waals surface area contributed by atoms with Crippen LogP contribution in [0.15, 0.2) is 61.1 Å². The Morgan fingerprint density at radius 2 is 2.12 bits per heavy atom. The molecule has 0 radical (unpaired) electrons. The standard InChI is InChI=1S/C26H26ClN5OS/c27-22-12-23(26(33)31-14-18-3-4-21-20(11-18)5-8-30-25(21)28)34-24(22)16-32-9-6-19(15-32)10-17-2-1-7-29-13-17/h1-5,7-8,11-13,19H,6,9-10,14-16H2,(H2,28,30)(H,31,33)/t19-/m0/s1. The van der Waals surface area contributed by atoms with Gasteiger partial charge in [0, 0.05) is 48.5 Å². The molecule has 1 fully saturated rings. The zero-order valence-electron chi connectivity index (χ0n) is 18.7. The van der Waals surface area contributed by atoms with Gasteiger partial charge in [-0.2, -0.15) is 0 Å². The van der Waals surface area contributed by atoms with Crippen molar-refractivity contribution >= 4 is 45.4 Å². The van der Waals surface area contributed by atoms with Crippen molar-refractivity contribution in [3.63, 3.8) is 0 Å². The van der Waals surface area contributed by atoms with Gasteiger partial charge in [0.05, 0.1) is 9.90 Å². The second kappa shape index (κ2) is 10.1. The van der Waals surface area contributed by atoms with E-state index in [1.165, 1.54) is 23.3 Å². The first-order valence-electron chi connectivity index (χ1n) is 11.4. The van der Waals surface area contributed by atoms with Crippen LogP contribution in [0.1, 0.15) is 32.1 Å². The second-order valence-corrected chi connectivity index (χ2v) is 10.3. The molecule has 8 heteroatoms. The van der Waals surface area contributed by atoms with Gasteiger partial charge in [-0.15, -0.1) is 11.3 Å². The molecule has 0 aliphatic carbocycles. The van der Waals surface area contributed by atoms with Crippen molar-refractivity contribution in [1.82, 2.24) is 20.2 Å². The first-order valence-corrected chi connectivity index (χ1v) is 12.6. The number of aromatic nitrogens is 2. The van der Waals surface area contributed by atoms with Crippen LogP contribution in [-0.2, 0) is 19.5 Å². The van der Waals surface area contributed by atoms with Crippen molar-refractivity contribution < 1.29 is 4.79 Å². The smallest absolute Gasteiger partial charge is 0.261 e. The largest absolute Gasteiger partial charge is 0.383 e. The summed E-state index contributed by atoms with van der Waals surface area (Å²) in [5.41, 5.74) is 8.22. The maximum Gasteiger partial charge on any atom is 0.261 e. The summed E-state index contributed by atoms with van der Waals surface area (Å²) in [6.45, 7) is 3.29. The first kappa shape index (κ1) is 22.8. The molecule has 0 spiro atoms. The number of nitrogens with zero attached hydrogens (tertiary/aromatic N) is 3. The predicted octanol–water partition coefficient (Wildman–Crippen LogP) is 4.92. The Morgan fingerprint density at radius 1 is 1.21 bits per heavy atom. The Morgan fingerprint density at radius 3 is 2.97 bits per heavy atom. The van der Waals surface area contributed by atoms with Gasteiger partial charge >= 0.3 is 0 Å². The molecule has 3 N–H and O–H groups in total. The summed E-state index contributed by atoms with van der Waals surface area (Å²) in [7, 11) is 0. The quantitative estimate of drug-likeness (QED) is 0.383. The number of anilines is 1. The van der Waals surface area contributed by atoms with E-state index in [0.29, 0.717) is 28.2 Å². The summed E-state index contributed by atoms with van der Waals surface area (Å²) in [5, 5.41) is 5.60. The van der Waals surface area contributed by atoms with Crippen LogP contribution in [0.25, 0.3) is 10.8 Å². The fourth-order valence-electron chi connectivity index (χ4n) is 4.53. The predicted molar refractivity (Wildman–Crippen MR) is 138 cm³/mol. The van der Waals surface area contributed by atoms with Crippen molar-refractivity contribution in [3.05, 3.63) is 87.0 Å². The molecule has 0 saturated carbocycles. The number of fused-ring (bicyclic) bond motifs is 1. The Kier molecular flexibility index (Phi) is 6.76. The van der Waals surface area contributed by atoms with Gasteiger partial charge in [0.25, 0.3) is 5.91 Å². The van der Waals surface area contributed by atoms with E-state index in [0.717, 1.165) is 47.3 Å². The van der Waals surface area contributed by atoms with E-state index in [2.05, 4.69) is 26.3 Å². The number of benzene rings is 1. The highest BCUT2D eigenvalue weighted by atomic mass is 35.5. The lowest BCUT2D eigenvalue weighted by atomic mass is 10.0. The van der Waals surface area contributed by atoms with E-state index in [-0.39, 0.29) is 5.91 Å². The lowest BCUT2D eigenvalue weighted by Gasteiger charge is -2.15. The number of likely N-dealkylation sites (tertiary alicyclic amines) is 1. The Labute approximate surface area is 207 Å².